The van der Waals surface area contributed by atoms with Crippen molar-refractivity contribution in [1.82, 2.24) is 4.31 Å². The number of methoxy groups -OCH3 is 1. The smallest absolute Gasteiger partial charge is 0.337 e. The average Bonchev–Trinajstić information content (AvgIpc) is 2.43. The molecule has 0 aliphatic carbocycles. The van der Waals surface area contributed by atoms with Gasteiger partial charge in [0.25, 0.3) is 0 Å². The highest BCUT2D eigenvalue weighted by molar-refractivity contribution is 7.89. The molecule has 0 spiro atoms. The van der Waals surface area contributed by atoms with Crippen LogP contribution in [0.5, 0.6) is 0 Å². The molecule has 21 heavy (non-hydrogen) atoms. The topological polar surface area (TPSA) is 101 Å². The molecule has 0 aliphatic rings. The molecule has 0 unspecified atom stereocenters. The second-order valence-electron chi connectivity index (χ2n) is 4.52. The van der Waals surface area contributed by atoms with Crippen LogP contribution >= 0.6 is 0 Å². The minimum Gasteiger partial charge on any atom is -0.478 e. The molecular weight excluding hydrogens is 298 g/mol. The van der Waals surface area contributed by atoms with Crippen molar-refractivity contribution in [2.24, 2.45) is 0 Å². The van der Waals surface area contributed by atoms with Crippen LogP contribution in [0.4, 0.5) is 0 Å². The van der Waals surface area contributed by atoms with Gasteiger partial charge in [0.05, 0.1) is 17.6 Å². The highest BCUT2D eigenvalue weighted by Gasteiger charge is 2.32. The Morgan fingerprint density at radius 3 is 2.33 bits per heavy atom. The van der Waals surface area contributed by atoms with Crippen molar-refractivity contribution < 1.29 is 27.9 Å². The summed E-state index contributed by atoms with van der Waals surface area (Å²) in [5, 5.41) is 9.10. The maximum atomic E-state index is 12.6. The van der Waals surface area contributed by atoms with Crippen molar-refractivity contribution >= 4 is 22.0 Å². The molecule has 0 atom stereocenters. The molecule has 1 rings (SSSR count). The lowest BCUT2D eigenvalue weighted by Crippen LogP contribution is -2.41. The number of ether oxygens (including phenoxy) is 1. The molecule has 1 N–H and O–H groups in total. The van der Waals surface area contributed by atoms with Gasteiger partial charge in [0.15, 0.2) is 0 Å². The molecule has 1 aromatic rings. The van der Waals surface area contributed by atoms with E-state index in [0.29, 0.717) is 0 Å². The van der Waals surface area contributed by atoms with Crippen LogP contribution in [-0.2, 0) is 19.6 Å². The van der Waals surface area contributed by atoms with Crippen LogP contribution in [0.15, 0.2) is 29.2 Å². The van der Waals surface area contributed by atoms with Crippen molar-refractivity contribution in [3.05, 3.63) is 29.8 Å². The predicted molar refractivity (Wildman–Crippen MR) is 74.4 cm³/mol. The fourth-order valence-corrected chi connectivity index (χ4v) is 3.50. The van der Waals surface area contributed by atoms with Crippen molar-refractivity contribution in [2.45, 2.75) is 24.8 Å². The summed E-state index contributed by atoms with van der Waals surface area (Å²) in [6, 6.07) is 4.73. The highest BCUT2D eigenvalue weighted by atomic mass is 32.2. The molecule has 0 bridgehead atoms. The summed E-state index contributed by atoms with van der Waals surface area (Å²) in [4.78, 5) is 22.2. The Labute approximate surface area is 123 Å². The van der Waals surface area contributed by atoms with Gasteiger partial charge in [-0.2, -0.15) is 4.31 Å². The summed E-state index contributed by atoms with van der Waals surface area (Å²) in [5.74, 6) is -2.07. The largest absolute Gasteiger partial charge is 0.478 e. The van der Waals surface area contributed by atoms with E-state index in [4.69, 9.17) is 5.11 Å². The fourth-order valence-electron chi connectivity index (χ4n) is 1.73. The molecule has 0 saturated heterocycles. The summed E-state index contributed by atoms with van der Waals surface area (Å²) >= 11 is 0. The Kier molecular flexibility index (Phi) is 5.45. The predicted octanol–water partition coefficient (Wildman–Crippen LogP) is 0.957. The van der Waals surface area contributed by atoms with Crippen molar-refractivity contribution in [2.75, 3.05) is 13.7 Å². The van der Waals surface area contributed by atoms with E-state index in [1.54, 1.807) is 13.8 Å². The van der Waals surface area contributed by atoms with Gasteiger partial charge in [-0.1, -0.05) is 12.1 Å². The number of rotatable bonds is 6. The first kappa shape index (κ1) is 17.1. The zero-order valence-electron chi connectivity index (χ0n) is 11.9. The van der Waals surface area contributed by atoms with Gasteiger partial charge in [0.1, 0.15) is 6.54 Å². The number of carboxylic acid groups (broad SMARTS) is 1. The van der Waals surface area contributed by atoms with Crippen LogP contribution in [0.3, 0.4) is 0 Å². The van der Waals surface area contributed by atoms with Crippen LogP contribution in [0, 0.1) is 0 Å². The molecule has 0 heterocycles. The molecule has 0 radical (unpaired) electrons. The number of aromatic carboxylic acids is 1. The van der Waals surface area contributed by atoms with Gasteiger partial charge in [0, 0.05) is 6.04 Å². The summed E-state index contributed by atoms with van der Waals surface area (Å²) in [7, 11) is -2.98. The quantitative estimate of drug-likeness (QED) is 0.785. The maximum Gasteiger partial charge on any atom is 0.337 e. The molecule has 0 fully saturated rings. The number of carboxylic acids is 1. The fraction of sp³-hybridized carbons (Fsp3) is 0.385. The van der Waals surface area contributed by atoms with E-state index in [1.165, 1.54) is 24.3 Å². The summed E-state index contributed by atoms with van der Waals surface area (Å²) in [6.45, 7) is 2.69. The number of carbonyl (C=O) groups is 2. The zero-order chi connectivity index (χ0) is 16.2. The first-order chi connectivity index (χ1) is 9.71. The summed E-state index contributed by atoms with van der Waals surface area (Å²) in [6.07, 6.45) is 0. The van der Waals surface area contributed by atoms with Gasteiger partial charge in [-0.15, -0.1) is 0 Å². The second-order valence-corrected chi connectivity index (χ2v) is 6.38. The van der Waals surface area contributed by atoms with Crippen LogP contribution in [0.25, 0.3) is 0 Å². The Morgan fingerprint density at radius 2 is 1.86 bits per heavy atom. The standard InChI is InChI=1S/C13H17NO6S/c1-9(2)14(8-12(15)20-3)21(18,19)11-7-5-4-6-10(11)13(16)17/h4-7,9H,8H2,1-3H3,(H,16,17). The molecule has 116 valence electrons. The third-order valence-corrected chi connectivity index (χ3v) is 4.87. The Bertz CT molecular complexity index is 638. The lowest BCUT2D eigenvalue weighted by atomic mass is 10.2. The minimum atomic E-state index is -4.13. The number of benzene rings is 1. The number of hydrogen-bond donors (Lipinski definition) is 1. The normalized spacial score (nSPS) is 11.7. The molecule has 0 saturated carbocycles. The van der Waals surface area contributed by atoms with Crippen molar-refractivity contribution in [3.63, 3.8) is 0 Å². The second kappa shape index (κ2) is 6.68. The van der Waals surface area contributed by atoms with E-state index < -0.39 is 34.5 Å². The summed E-state index contributed by atoms with van der Waals surface area (Å²) < 4.78 is 30.6. The molecule has 0 aliphatic heterocycles. The van der Waals surface area contributed by atoms with Crippen LogP contribution in [-0.4, -0.2) is 49.5 Å². The van der Waals surface area contributed by atoms with Gasteiger partial charge >= 0.3 is 11.9 Å². The number of carbonyl (C=O) groups excluding carboxylic acids is 1. The van der Waals surface area contributed by atoms with Crippen molar-refractivity contribution in [1.29, 1.82) is 0 Å². The van der Waals surface area contributed by atoms with Gasteiger partial charge in [-0.3, -0.25) is 4.79 Å². The van der Waals surface area contributed by atoms with Gasteiger partial charge in [0.2, 0.25) is 10.0 Å². The Hall–Kier alpha value is -1.93. The monoisotopic (exact) mass is 315 g/mol. The van der Waals surface area contributed by atoms with E-state index in [1.807, 2.05) is 0 Å². The average molecular weight is 315 g/mol. The van der Waals surface area contributed by atoms with E-state index in [9.17, 15) is 18.0 Å². The Morgan fingerprint density at radius 1 is 1.29 bits per heavy atom. The van der Waals surface area contributed by atoms with E-state index in [-0.39, 0.29) is 10.5 Å². The third-order valence-electron chi connectivity index (χ3n) is 2.79. The lowest BCUT2D eigenvalue weighted by Gasteiger charge is -2.25. The van der Waals surface area contributed by atoms with Gasteiger partial charge < -0.3 is 9.84 Å². The first-order valence-corrected chi connectivity index (χ1v) is 7.56. The van der Waals surface area contributed by atoms with E-state index >= 15 is 0 Å². The van der Waals surface area contributed by atoms with Gasteiger partial charge in [-0.05, 0) is 26.0 Å². The molecule has 7 nitrogen and oxygen atoms in total. The van der Waals surface area contributed by atoms with E-state index in [0.717, 1.165) is 11.4 Å². The molecule has 0 aromatic heterocycles. The van der Waals surface area contributed by atoms with Gasteiger partial charge in [-0.25, -0.2) is 13.2 Å². The SMILES string of the molecule is COC(=O)CN(C(C)C)S(=O)(=O)c1ccccc1C(=O)O. The van der Waals surface area contributed by atoms with E-state index in [2.05, 4.69) is 4.74 Å². The molecule has 0 amide bonds. The Balaban J connectivity index is 3.37. The molecule has 1 aromatic carbocycles. The van der Waals surface area contributed by atoms with Crippen LogP contribution in [0.2, 0.25) is 0 Å². The van der Waals surface area contributed by atoms with Crippen LogP contribution in [0.1, 0.15) is 24.2 Å². The summed E-state index contributed by atoms with van der Waals surface area (Å²) in [5.41, 5.74) is -0.340. The number of nitrogens with zero attached hydrogens (tertiary/aromatic N) is 1. The van der Waals surface area contributed by atoms with Crippen molar-refractivity contribution in [3.8, 4) is 0 Å². The molecule has 8 heteroatoms. The lowest BCUT2D eigenvalue weighted by molar-refractivity contribution is -0.141. The minimum absolute atomic E-state index is 0.340. The number of esters is 1. The first-order valence-electron chi connectivity index (χ1n) is 6.12. The molecular formula is C13H17NO6S. The third kappa shape index (κ3) is 3.79. The highest BCUT2D eigenvalue weighted by Crippen LogP contribution is 2.22. The maximum absolute atomic E-state index is 12.6. The number of sulfonamides is 1. The van der Waals surface area contributed by atoms with Crippen LogP contribution < -0.4 is 0 Å². The number of hydrogen-bond acceptors (Lipinski definition) is 5. The zero-order valence-corrected chi connectivity index (χ0v) is 12.8.